The van der Waals surface area contributed by atoms with E-state index in [0.29, 0.717) is 32.2 Å². The Kier molecular flexibility index (Phi) is 5.11. The fraction of sp³-hybridized carbons (Fsp3) is 0.125. The number of carbonyl (C=O) groups is 1. The van der Waals surface area contributed by atoms with Crippen LogP contribution in [-0.4, -0.2) is 35.3 Å². The number of amides is 1. The molecule has 25 heavy (non-hydrogen) atoms. The minimum absolute atomic E-state index is 0.281. The Morgan fingerprint density at radius 2 is 1.88 bits per heavy atom. The van der Waals surface area contributed by atoms with Crippen LogP contribution in [0.4, 0.5) is 5.13 Å². The molecule has 1 aromatic carbocycles. The Hall–Kier alpha value is -2.71. The van der Waals surface area contributed by atoms with E-state index in [0.717, 1.165) is 0 Å². The number of anilines is 1. The second kappa shape index (κ2) is 7.45. The van der Waals surface area contributed by atoms with Gasteiger partial charge in [0.05, 0.1) is 19.2 Å². The van der Waals surface area contributed by atoms with E-state index in [1.807, 2.05) is 0 Å². The molecule has 3 rings (SSSR count). The molecule has 1 amide bonds. The van der Waals surface area contributed by atoms with Crippen molar-refractivity contribution in [3.63, 3.8) is 0 Å². The lowest BCUT2D eigenvalue weighted by Gasteiger charge is -2.11. The Balaban J connectivity index is 1.87. The number of nitrogens with one attached hydrogen (secondary N) is 1. The molecule has 0 radical (unpaired) electrons. The van der Waals surface area contributed by atoms with Crippen molar-refractivity contribution in [1.29, 1.82) is 0 Å². The predicted molar refractivity (Wildman–Crippen MR) is 95.6 cm³/mol. The summed E-state index contributed by atoms with van der Waals surface area (Å²) in [7, 11) is 2.97. The Morgan fingerprint density at radius 1 is 1.16 bits per heavy atom. The van der Waals surface area contributed by atoms with Crippen molar-refractivity contribution < 1.29 is 14.3 Å². The van der Waals surface area contributed by atoms with Crippen molar-refractivity contribution in [3.05, 3.63) is 47.2 Å². The summed E-state index contributed by atoms with van der Waals surface area (Å²) in [6.45, 7) is 0. The summed E-state index contributed by atoms with van der Waals surface area (Å²) < 4.78 is 10.5. The molecular weight excluding hydrogens is 364 g/mol. The van der Waals surface area contributed by atoms with Crippen molar-refractivity contribution in [3.8, 4) is 22.1 Å². The molecule has 0 saturated carbocycles. The maximum atomic E-state index is 12.6. The van der Waals surface area contributed by atoms with Crippen molar-refractivity contribution >= 4 is 34.0 Å². The van der Waals surface area contributed by atoms with Gasteiger partial charge in [-0.1, -0.05) is 29.0 Å². The van der Waals surface area contributed by atoms with E-state index >= 15 is 0 Å². The third kappa shape index (κ3) is 3.54. The number of ether oxygens (including phenoxy) is 2. The highest BCUT2D eigenvalue weighted by Gasteiger charge is 2.20. The summed E-state index contributed by atoms with van der Waals surface area (Å²) >= 11 is 7.32. The fourth-order valence-corrected chi connectivity index (χ4v) is 3.17. The van der Waals surface area contributed by atoms with Crippen LogP contribution < -0.4 is 14.8 Å². The zero-order chi connectivity index (χ0) is 17.8. The topological polar surface area (TPSA) is 86.2 Å². The average Bonchev–Trinajstić information content (AvgIpc) is 3.09. The molecule has 7 nitrogen and oxygen atoms in total. The highest BCUT2D eigenvalue weighted by atomic mass is 35.5. The molecule has 2 aromatic heterocycles. The zero-order valence-corrected chi connectivity index (χ0v) is 14.9. The van der Waals surface area contributed by atoms with E-state index in [1.165, 1.54) is 25.6 Å². The number of nitrogens with zero attached hydrogens (tertiary/aromatic N) is 3. The van der Waals surface area contributed by atoms with E-state index in [4.69, 9.17) is 21.1 Å². The molecule has 0 fully saturated rings. The number of carbonyl (C=O) groups excluding carboxylic acids is 1. The number of pyridine rings is 1. The first-order valence-corrected chi connectivity index (χ1v) is 8.29. The number of methoxy groups -OCH3 is 2. The Morgan fingerprint density at radius 3 is 2.52 bits per heavy atom. The molecular formula is C16H13ClN4O3S. The number of hydrogen-bond acceptors (Lipinski definition) is 7. The zero-order valence-electron chi connectivity index (χ0n) is 13.3. The minimum atomic E-state index is -0.408. The molecule has 3 aromatic rings. The van der Waals surface area contributed by atoms with Gasteiger partial charge in [-0.05, 0) is 18.2 Å². The summed E-state index contributed by atoms with van der Waals surface area (Å²) in [5.41, 5.74) is 0.931. The van der Waals surface area contributed by atoms with Gasteiger partial charge in [-0.15, -0.1) is 10.2 Å². The molecule has 0 bridgehead atoms. The van der Waals surface area contributed by atoms with Crippen LogP contribution in [0, 0.1) is 0 Å². The van der Waals surface area contributed by atoms with E-state index < -0.39 is 5.91 Å². The maximum absolute atomic E-state index is 12.6. The average molecular weight is 377 g/mol. The quantitative estimate of drug-likeness (QED) is 0.733. The number of rotatable bonds is 5. The summed E-state index contributed by atoms with van der Waals surface area (Å²) in [5.74, 6) is 0.392. The van der Waals surface area contributed by atoms with Gasteiger partial charge in [0, 0.05) is 18.0 Å². The first kappa shape index (κ1) is 17.1. The summed E-state index contributed by atoms with van der Waals surface area (Å²) in [4.78, 5) is 16.6. The summed E-state index contributed by atoms with van der Waals surface area (Å²) in [6, 6.07) is 6.76. The van der Waals surface area contributed by atoms with E-state index in [-0.39, 0.29) is 5.56 Å². The van der Waals surface area contributed by atoms with Crippen LogP contribution >= 0.6 is 22.9 Å². The Labute approximate surface area is 152 Å². The number of aromatic nitrogens is 3. The highest BCUT2D eigenvalue weighted by molar-refractivity contribution is 7.18. The number of hydrogen-bond donors (Lipinski definition) is 1. The van der Waals surface area contributed by atoms with Crippen LogP contribution in [0.3, 0.4) is 0 Å². The van der Waals surface area contributed by atoms with Gasteiger partial charge in [0.2, 0.25) is 5.13 Å². The van der Waals surface area contributed by atoms with Gasteiger partial charge in [-0.2, -0.15) is 0 Å². The van der Waals surface area contributed by atoms with Crippen molar-refractivity contribution in [2.75, 3.05) is 19.5 Å². The van der Waals surface area contributed by atoms with E-state index in [2.05, 4.69) is 20.5 Å². The molecule has 0 aliphatic rings. The van der Waals surface area contributed by atoms with Crippen LogP contribution in [0.25, 0.3) is 10.6 Å². The lowest BCUT2D eigenvalue weighted by atomic mass is 10.1. The minimum Gasteiger partial charge on any atom is -0.496 e. The molecule has 1 N–H and O–H groups in total. The maximum Gasteiger partial charge on any atom is 0.265 e. The predicted octanol–water partition coefficient (Wildman–Crippen LogP) is 3.52. The van der Waals surface area contributed by atoms with Crippen LogP contribution in [0.2, 0.25) is 5.02 Å². The van der Waals surface area contributed by atoms with Crippen LogP contribution in [0.15, 0.2) is 36.7 Å². The molecule has 0 unspecified atom stereocenters. The number of halogens is 1. The largest absolute Gasteiger partial charge is 0.496 e. The van der Waals surface area contributed by atoms with Gasteiger partial charge in [0.25, 0.3) is 5.91 Å². The van der Waals surface area contributed by atoms with Crippen molar-refractivity contribution in [1.82, 2.24) is 15.2 Å². The SMILES string of the molecule is COc1cccc(OC)c1C(=O)Nc1nnc(-c2cnccc2Cl)s1. The second-order valence-corrected chi connectivity index (χ2v) is 6.14. The Bertz CT molecular complexity index is 894. The molecule has 0 saturated heterocycles. The highest BCUT2D eigenvalue weighted by Crippen LogP contribution is 2.33. The van der Waals surface area contributed by atoms with Crippen LogP contribution in [-0.2, 0) is 0 Å². The van der Waals surface area contributed by atoms with Crippen molar-refractivity contribution in [2.24, 2.45) is 0 Å². The molecule has 2 heterocycles. The van der Waals surface area contributed by atoms with Gasteiger partial charge in [0.15, 0.2) is 5.01 Å². The normalized spacial score (nSPS) is 10.4. The van der Waals surface area contributed by atoms with Gasteiger partial charge < -0.3 is 9.47 Å². The van der Waals surface area contributed by atoms with Gasteiger partial charge in [-0.3, -0.25) is 15.1 Å². The second-order valence-electron chi connectivity index (χ2n) is 4.76. The van der Waals surface area contributed by atoms with Gasteiger partial charge >= 0.3 is 0 Å². The summed E-state index contributed by atoms with van der Waals surface area (Å²) in [6.07, 6.45) is 3.18. The van der Waals surface area contributed by atoms with Crippen molar-refractivity contribution in [2.45, 2.75) is 0 Å². The standard InChI is InChI=1S/C16H13ClN4O3S/c1-23-11-4-3-5-12(24-2)13(11)14(22)19-16-21-20-15(25-16)9-8-18-7-6-10(9)17/h3-8H,1-2H3,(H,19,21,22). The van der Waals surface area contributed by atoms with Crippen LogP contribution in [0.5, 0.6) is 11.5 Å². The summed E-state index contributed by atoms with van der Waals surface area (Å²) in [5, 5.41) is 12.1. The molecule has 9 heteroatoms. The molecule has 0 aliphatic carbocycles. The molecule has 0 atom stereocenters. The fourth-order valence-electron chi connectivity index (χ4n) is 2.15. The molecule has 128 valence electrons. The molecule has 0 aliphatic heterocycles. The van der Waals surface area contributed by atoms with Gasteiger partial charge in [-0.25, -0.2) is 0 Å². The third-order valence-electron chi connectivity index (χ3n) is 3.30. The van der Waals surface area contributed by atoms with Crippen LogP contribution in [0.1, 0.15) is 10.4 Å². The first-order chi connectivity index (χ1) is 12.1. The number of benzene rings is 1. The lowest BCUT2D eigenvalue weighted by molar-refractivity contribution is 0.102. The molecule has 0 spiro atoms. The first-order valence-electron chi connectivity index (χ1n) is 7.09. The smallest absolute Gasteiger partial charge is 0.265 e. The van der Waals surface area contributed by atoms with E-state index in [1.54, 1.807) is 36.7 Å². The van der Waals surface area contributed by atoms with E-state index in [9.17, 15) is 4.79 Å². The van der Waals surface area contributed by atoms with Gasteiger partial charge in [0.1, 0.15) is 17.1 Å². The monoisotopic (exact) mass is 376 g/mol. The third-order valence-corrected chi connectivity index (χ3v) is 4.50. The lowest BCUT2D eigenvalue weighted by Crippen LogP contribution is -2.14.